The van der Waals surface area contributed by atoms with Gasteiger partial charge in [-0.15, -0.1) is 0 Å². The lowest BCUT2D eigenvalue weighted by atomic mass is 9.98. The van der Waals surface area contributed by atoms with Gasteiger partial charge in [0, 0.05) is 31.1 Å². The fraction of sp³-hybridized carbons (Fsp3) is 0.462. The van der Waals surface area contributed by atoms with Crippen LogP contribution in [0.25, 0.3) is 0 Å². The zero-order valence-electron chi connectivity index (χ0n) is 9.62. The Bertz CT molecular complexity index is 376. The van der Waals surface area contributed by atoms with Crippen molar-refractivity contribution in [1.29, 1.82) is 0 Å². The van der Waals surface area contributed by atoms with Crippen molar-refractivity contribution in [2.45, 2.75) is 25.7 Å². The van der Waals surface area contributed by atoms with Crippen LogP contribution in [0.2, 0.25) is 0 Å². The summed E-state index contributed by atoms with van der Waals surface area (Å²) >= 11 is 0. The molecule has 3 heteroatoms. The molecule has 2 N–H and O–H groups in total. The Morgan fingerprint density at radius 1 is 1.50 bits per heavy atom. The molecule has 2 rings (SSSR count). The second-order valence-corrected chi connectivity index (χ2v) is 4.16. The van der Waals surface area contributed by atoms with Gasteiger partial charge in [-0.05, 0) is 18.1 Å². The summed E-state index contributed by atoms with van der Waals surface area (Å²) in [6, 6.07) is 8.40. The van der Waals surface area contributed by atoms with Gasteiger partial charge < -0.3 is 10.6 Å². The number of para-hydroxylation sites is 1. The summed E-state index contributed by atoms with van der Waals surface area (Å²) in [6.45, 7) is 3.64. The number of amides is 1. The summed E-state index contributed by atoms with van der Waals surface area (Å²) in [5.74, 6) is 0.674. The van der Waals surface area contributed by atoms with Crippen molar-refractivity contribution in [3.8, 4) is 0 Å². The van der Waals surface area contributed by atoms with Crippen LogP contribution in [0.3, 0.4) is 0 Å². The number of carbonyl (C=O) groups excluding carboxylic acids is 1. The van der Waals surface area contributed by atoms with E-state index in [4.69, 9.17) is 0 Å². The lowest BCUT2D eigenvalue weighted by Crippen LogP contribution is -2.24. The van der Waals surface area contributed by atoms with Gasteiger partial charge in [-0.25, -0.2) is 0 Å². The van der Waals surface area contributed by atoms with Crippen molar-refractivity contribution in [2.75, 3.05) is 18.4 Å². The number of carbonyl (C=O) groups is 1. The second kappa shape index (κ2) is 5.01. The largest absolute Gasteiger partial charge is 0.384 e. The van der Waals surface area contributed by atoms with Gasteiger partial charge >= 0.3 is 0 Å². The quantitative estimate of drug-likeness (QED) is 0.812. The van der Waals surface area contributed by atoms with Crippen LogP contribution in [0.4, 0.5) is 5.69 Å². The molecule has 0 fully saturated rings. The molecule has 0 spiro atoms. The summed E-state index contributed by atoms with van der Waals surface area (Å²) in [4.78, 5) is 11.1. The van der Waals surface area contributed by atoms with Crippen molar-refractivity contribution >= 4 is 11.6 Å². The van der Waals surface area contributed by atoms with Gasteiger partial charge in [0.25, 0.3) is 0 Å². The molecule has 0 bridgehead atoms. The minimum absolute atomic E-state index is 0.138. The molecule has 86 valence electrons. The lowest BCUT2D eigenvalue weighted by molar-refractivity contribution is -0.120. The molecular weight excluding hydrogens is 200 g/mol. The van der Waals surface area contributed by atoms with Gasteiger partial charge in [0.1, 0.15) is 0 Å². The Morgan fingerprint density at radius 3 is 3.12 bits per heavy atom. The van der Waals surface area contributed by atoms with Crippen LogP contribution in [0.5, 0.6) is 0 Å². The van der Waals surface area contributed by atoms with Crippen molar-refractivity contribution < 1.29 is 4.79 Å². The molecular formula is C13H18N2O. The molecule has 0 aliphatic carbocycles. The van der Waals surface area contributed by atoms with Gasteiger partial charge in [0.15, 0.2) is 0 Å². The van der Waals surface area contributed by atoms with E-state index in [9.17, 15) is 4.79 Å². The van der Waals surface area contributed by atoms with Gasteiger partial charge in [-0.3, -0.25) is 4.79 Å². The maximum Gasteiger partial charge on any atom is 0.219 e. The van der Waals surface area contributed by atoms with E-state index in [2.05, 4.69) is 28.8 Å². The normalized spacial score (nSPS) is 17.7. The molecule has 1 aromatic carbocycles. The van der Waals surface area contributed by atoms with E-state index in [0.717, 1.165) is 19.5 Å². The summed E-state index contributed by atoms with van der Waals surface area (Å²) in [6.07, 6.45) is 1.58. The van der Waals surface area contributed by atoms with Gasteiger partial charge in [-0.1, -0.05) is 25.1 Å². The van der Waals surface area contributed by atoms with Crippen molar-refractivity contribution in [3.63, 3.8) is 0 Å². The fourth-order valence-electron chi connectivity index (χ4n) is 2.13. The summed E-state index contributed by atoms with van der Waals surface area (Å²) in [7, 11) is 0. The molecule has 0 saturated heterocycles. The van der Waals surface area contributed by atoms with Gasteiger partial charge in [-0.2, -0.15) is 0 Å². The first-order valence-corrected chi connectivity index (χ1v) is 5.90. The molecule has 0 saturated carbocycles. The van der Waals surface area contributed by atoms with E-state index in [1.165, 1.54) is 11.3 Å². The number of benzene rings is 1. The van der Waals surface area contributed by atoms with E-state index in [0.29, 0.717) is 12.3 Å². The monoisotopic (exact) mass is 218 g/mol. The highest BCUT2D eigenvalue weighted by Crippen LogP contribution is 2.32. The molecule has 1 aliphatic heterocycles. The van der Waals surface area contributed by atoms with Crippen molar-refractivity contribution in [1.82, 2.24) is 5.32 Å². The zero-order valence-corrected chi connectivity index (χ0v) is 9.62. The summed E-state index contributed by atoms with van der Waals surface area (Å²) in [5, 5.41) is 6.31. The first kappa shape index (κ1) is 11.0. The maximum absolute atomic E-state index is 11.1. The van der Waals surface area contributed by atoms with Crippen LogP contribution in [0.15, 0.2) is 24.3 Å². The van der Waals surface area contributed by atoms with E-state index >= 15 is 0 Å². The van der Waals surface area contributed by atoms with E-state index < -0.39 is 0 Å². The molecule has 1 heterocycles. The number of hydrogen-bond acceptors (Lipinski definition) is 2. The summed E-state index contributed by atoms with van der Waals surface area (Å²) < 4.78 is 0. The van der Waals surface area contributed by atoms with Crippen LogP contribution in [-0.2, 0) is 4.79 Å². The van der Waals surface area contributed by atoms with Crippen molar-refractivity contribution in [3.05, 3.63) is 29.8 Å². The molecule has 0 radical (unpaired) electrons. The SMILES string of the molecule is CCC(=O)NCCC1CNc2ccccc21. The molecule has 1 atom stereocenters. The highest BCUT2D eigenvalue weighted by Gasteiger charge is 2.20. The van der Waals surface area contributed by atoms with Crippen LogP contribution in [0.1, 0.15) is 31.2 Å². The fourth-order valence-corrected chi connectivity index (χ4v) is 2.13. The van der Waals surface area contributed by atoms with Crippen molar-refractivity contribution in [2.24, 2.45) is 0 Å². The predicted molar refractivity (Wildman–Crippen MR) is 65.6 cm³/mol. The first-order chi connectivity index (χ1) is 7.81. The summed E-state index contributed by atoms with van der Waals surface area (Å²) in [5.41, 5.74) is 2.63. The molecule has 3 nitrogen and oxygen atoms in total. The molecule has 1 unspecified atom stereocenters. The minimum atomic E-state index is 0.138. The van der Waals surface area contributed by atoms with E-state index in [1.807, 2.05) is 13.0 Å². The highest BCUT2D eigenvalue weighted by molar-refractivity contribution is 5.75. The number of hydrogen-bond donors (Lipinski definition) is 2. The Kier molecular flexibility index (Phi) is 3.44. The Labute approximate surface area is 96.2 Å². The number of nitrogens with one attached hydrogen (secondary N) is 2. The van der Waals surface area contributed by atoms with Crippen LogP contribution < -0.4 is 10.6 Å². The third kappa shape index (κ3) is 2.35. The minimum Gasteiger partial charge on any atom is -0.384 e. The third-order valence-corrected chi connectivity index (χ3v) is 3.08. The Balaban J connectivity index is 1.86. The van der Waals surface area contributed by atoms with Gasteiger partial charge in [0.05, 0.1) is 0 Å². The molecule has 1 aromatic rings. The standard InChI is InChI=1S/C13H18N2O/c1-2-13(16)14-8-7-10-9-15-12-6-4-3-5-11(10)12/h3-6,10,15H,2,7-9H2,1H3,(H,14,16). The van der Waals surface area contributed by atoms with E-state index in [-0.39, 0.29) is 5.91 Å². The average molecular weight is 218 g/mol. The second-order valence-electron chi connectivity index (χ2n) is 4.16. The van der Waals surface area contributed by atoms with Crippen LogP contribution >= 0.6 is 0 Å². The topological polar surface area (TPSA) is 41.1 Å². The lowest BCUT2D eigenvalue weighted by Gasteiger charge is -2.10. The van der Waals surface area contributed by atoms with E-state index in [1.54, 1.807) is 0 Å². The smallest absolute Gasteiger partial charge is 0.219 e. The molecule has 1 amide bonds. The van der Waals surface area contributed by atoms with Crippen LogP contribution in [-0.4, -0.2) is 19.0 Å². The number of rotatable bonds is 4. The molecule has 16 heavy (non-hydrogen) atoms. The Hall–Kier alpha value is -1.51. The highest BCUT2D eigenvalue weighted by atomic mass is 16.1. The predicted octanol–water partition coefficient (Wildman–Crippen LogP) is 2.11. The zero-order chi connectivity index (χ0) is 11.4. The van der Waals surface area contributed by atoms with Crippen LogP contribution in [0, 0.1) is 0 Å². The third-order valence-electron chi connectivity index (χ3n) is 3.08. The maximum atomic E-state index is 11.1. The molecule has 1 aliphatic rings. The first-order valence-electron chi connectivity index (χ1n) is 5.90. The number of fused-ring (bicyclic) bond motifs is 1. The Morgan fingerprint density at radius 2 is 2.31 bits per heavy atom. The number of anilines is 1. The van der Waals surface area contributed by atoms with Gasteiger partial charge in [0.2, 0.25) is 5.91 Å². The average Bonchev–Trinajstić information content (AvgIpc) is 2.73. The molecule has 0 aromatic heterocycles.